The highest BCUT2D eigenvalue weighted by atomic mass is 16.5. The van der Waals surface area contributed by atoms with Gasteiger partial charge in [-0.1, -0.05) is 49.1 Å². The van der Waals surface area contributed by atoms with Gasteiger partial charge in [0.25, 0.3) is 0 Å². The van der Waals surface area contributed by atoms with Crippen molar-refractivity contribution in [3.05, 3.63) is 94.6 Å². The fraction of sp³-hybridized carbons (Fsp3) is 0.0909. The molecule has 1 aromatic heterocycles. The van der Waals surface area contributed by atoms with E-state index in [0.717, 1.165) is 5.57 Å². The second-order valence-electron chi connectivity index (χ2n) is 5.84. The largest absolute Gasteiger partial charge is 0.464 e. The van der Waals surface area contributed by atoms with E-state index in [2.05, 4.69) is 6.58 Å². The fourth-order valence-corrected chi connectivity index (χ4v) is 2.63. The van der Waals surface area contributed by atoms with Crippen LogP contribution < -0.4 is 10.2 Å². The molecular weight excluding hydrogens is 328 g/mol. The average molecular weight is 346 g/mol. The predicted molar refractivity (Wildman–Crippen MR) is 102 cm³/mol. The second kappa shape index (κ2) is 7.66. The van der Waals surface area contributed by atoms with E-state index in [4.69, 9.17) is 9.15 Å². The van der Waals surface area contributed by atoms with Crippen LogP contribution in [0, 0.1) is 0 Å². The highest BCUT2D eigenvalue weighted by molar-refractivity contribution is 5.71. The molecule has 0 N–H and O–H groups in total. The minimum absolute atomic E-state index is 0.115. The number of allylic oxidation sites excluding steroid dienone is 6. The Kier molecular flexibility index (Phi) is 5.13. The first-order valence-corrected chi connectivity index (χ1v) is 8.18. The number of carbonyl (C=O) groups excluding carboxylic acids is 1. The average Bonchev–Trinajstić information content (AvgIpc) is 2.61. The first kappa shape index (κ1) is 17.4. The van der Waals surface area contributed by atoms with Crippen molar-refractivity contribution in [3.8, 4) is 16.9 Å². The number of carbonyl (C=O) groups is 1. The van der Waals surface area contributed by atoms with E-state index in [9.17, 15) is 9.59 Å². The summed E-state index contributed by atoms with van der Waals surface area (Å²) in [6.07, 6.45) is 13.0. The lowest BCUT2D eigenvalue weighted by atomic mass is 10.0. The third kappa shape index (κ3) is 3.98. The van der Waals surface area contributed by atoms with Gasteiger partial charge >= 0.3 is 5.97 Å². The van der Waals surface area contributed by atoms with E-state index in [1.54, 1.807) is 36.4 Å². The maximum atomic E-state index is 13.0. The van der Waals surface area contributed by atoms with Crippen LogP contribution in [0.25, 0.3) is 17.2 Å². The van der Waals surface area contributed by atoms with Crippen molar-refractivity contribution in [2.45, 2.75) is 13.3 Å². The lowest BCUT2D eigenvalue weighted by Crippen LogP contribution is -2.13. The molecule has 4 nitrogen and oxygen atoms in total. The summed E-state index contributed by atoms with van der Waals surface area (Å²) >= 11 is 0. The summed E-state index contributed by atoms with van der Waals surface area (Å²) in [5.41, 5.74) is 2.32. The Balaban J connectivity index is 2.08. The summed E-state index contributed by atoms with van der Waals surface area (Å²) in [4.78, 5) is 24.2. The maximum Gasteiger partial charge on any atom is 0.308 e. The molecule has 130 valence electrons. The summed E-state index contributed by atoms with van der Waals surface area (Å²) < 4.78 is 10.8. The van der Waals surface area contributed by atoms with Crippen molar-refractivity contribution in [1.82, 2.24) is 0 Å². The van der Waals surface area contributed by atoms with E-state index < -0.39 is 5.97 Å². The molecule has 0 unspecified atom stereocenters. The van der Waals surface area contributed by atoms with E-state index >= 15 is 0 Å². The first-order chi connectivity index (χ1) is 12.5. The second-order valence-corrected chi connectivity index (χ2v) is 5.84. The zero-order valence-corrected chi connectivity index (χ0v) is 14.4. The van der Waals surface area contributed by atoms with Gasteiger partial charge in [0.15, 0.2) is 5.43 Å². The molecule has 1 heterocycles. The number of hydrogen-bond donors (Lipinski definition) is 0. The normalized spacial score (nSPS) is 15.8. The molecule has 0 saturated carbocycles. The minimum atomic E-state index is -0.414. The number of esters is 1. The molecule has 4 heteroatoms. The third-order valence-electron chi connectivity index (χ3n) is 3.85. The van der Waals surface area contributed by atoms with Gasteiger partial charge in [-0.25, -0.2) is 0 Å². The van der Waals surface area contributed by atoms with Crippen LogP contribution in [-0.4, -0.2) is 5.97 Å². The molecule has 0 saturated heterocycles. The third-order valence-corrected chi connectivity index (χ3v) is 3.85. The zero-order valence-electron chi connectivity index (χ0n) is 14.4. The minimum Gasteiger partial charge on any atom is -0.464 e. The fourth-order valence-electron chi connectivity index (χ4n) is 2.63. The zero-order chi connectivity index (χ0) is 18.5. The van der Waals surface area contributed by atoms with Gasteiger partial charge in [0.05, 0.1) is 5.56 Å². The monoisotopic (exact) mass is 346 g/mol. The van der Waals surface area contributed by atoms with Crippen LogP contribution in [0.3, 0.4) is 0 Å². The molecule has 0 bridgehead atoms. The van der Waals surface area contributed by atoms with E-state index in [-0.39, 0.29) is 5.43 Å². The van der Waals surface area contributed by atoms with Crippen LogP contribution in [-0.2, 0) is 11.2 Å². The Morgan fingerprint density at radius 3 is 2.85 bits per heavy atom. The van der Waals surface area contributed by atoms with Crippen LogP contribution in [0.1, 0.15) is 18.2 Å². The van der Waals surface area contributed by atoms with Crippen molar-refractivity contribution in [3.63, 3.8) is 0 Å². The van der Waals surface area contributed by atoms with Gasteiger partial charge in [-0.3, -0.25) is 9.59 Å². The number of fused-ring (bicyclic) bond motifs is 1. The van der Waals surface area contributed by atoms with Gasteiger partial charge < -0.3 is 9.15 Å². The highest BCUT2D eigenvalue weighted by Crippen LogP contribution is 2.24. The molecule has 0 radical (unpaired) electrons. The Bertz CT molecular complexity index is 1000. The topological polar surface area (TPSA) is 56.5 Å². The van der Waals surface area contributed by atoms with E-state index in [0.29, 0.717) is 34.6 Å². The molecule has 0 atom stereocenters. The molecule has 0 spiro atoms. The summed E-state index contributed by atoms with van der Waals surface area (Å²) in [5.74, 6) is 0.481. The number of ether oxygens (including phenoxy) is 1. The molecule has 0 fully saturated rings. The van der Waals surface area contributed by atoms with Gasteiger partial charge in [0.1, 0.15) is 17.8 Å². The molecule has 1 aliphatic carbocycles. The lowest BCUT2D eigenvalue weighted by Gasteiger charge is -2.08. The molecule has 2 aromatic rings. The summed E-state index contributed by atoms with van der Waals surface area (Å²) in [6.45, 7) is 5.25. The highest BCUT2D eigenvalue weighted by Gasteiger charge is 2.14. The molecule has 1 aromatic carbocycles. The Hall–Kier alpha value is -3.40. The van der Waals surface area contributed by atoms with Crippen LogP contribution in [0.2, 0.25) is 0 Å². The van der Waals surface area contributed by atoms with Crippen molar-refractivity contribution < 1.29 is 13.9 Å². The van der Waals surface area contributed by atoms with Gasteiger partial charge in [-0.15, -0.1) is 0 Å². The van der Waals surface area contributed by atoms with Crippen molar-refractivity contribution in [2.75, 3.05) is 0 Å². The number of rotatable bonds is 2. The van der Waals surface area contributed by atoms with E-state index in [1.165, 1.54) is 13.2 Å². The van der Waals surface area contributed by atoms with Gasteiger partial charge in [0.2, 0.25) is 0 Å². The van der Waals surface area contributed by atoms with E-state index in [1.807, 2.05) is 24.3 Å². The number of benzene rings is 1. The molecule has 26 heavy (non-hydrogen) atoms. The van der Waals surface area contributed by atoms with Crippen molar-refractivity contribution in [2.24, 2.45) is 0 Å². The Labute approximate surface area is 151 Å². The molecule has 0 amide bonds. The molecule has 0 aliphatic heterocycles. The molecular formula is C22H18O4. The van der Waals surface area contributed by atoms with Gasteiger partial charge in [0, 0.05) is 12.5 Å². The Morgan fingerprint density at radius 1 is 1.19 bits per heavy atom. The first-order valence-electron chi connectivity index (χ1n) is 8.18. The van der Waals surface area contributed by atoms with Crippen molar-refractivity contribution in [1.29, 1.82) is 0 Å². The quantitative estimate of drug-likeness (QED) is 0.595. The van der Waals surface area contributed by atoms with Crippen molar-refractivity contribution >= 4 is 12.0 Å². The number of hydrogen-bond acceptors (Lipinski definition) is 4. The predicted octanol–water partition coefficient (Wildman–Crippen LogP) is 4.47. The Morgan fingerprint density at radius 2 is 2.04 bits per heavy atom. The lowest BCUT2D eigenvalue weighted by molar-refractivity contribution is -0.131. The molecule has 1 aliphatic rings. The molecule has 3 rings (SSSR count). The smallest absolute Gasteiger partial charge is 0.308 e. The van der Waals surface area contributed by atoms with Crippen LogP contribution in [0.15, 0.2) is 82.3 Å². The summed E-state index contributed by atoms with van der Waals surface area (Å²) in [5, 5.41) is 0. The summed E-state index contributed by atoms with van der Waals surface area (Å²) in [7, 11) is 0. The summed E-state index contributed by atoms with van der Waals surface area (Å²) in [6, 6.07) is 6.82. The van der Waals surface area contributed by atoms with Crippen LogP contribution in [0.4, 0.5) is 0 Å². The SMILES string of the molecule is C=C1C=Cc2occ(-c3cccc(OC(C)=O)c3)c(=O)c2C/C=C\C=C/1. The standard InChI is InChI=1S/C22H18O4/c1-15-7-4-3-5-10-19-21(12-11-15)25-14-20(22(19)24)17-8-6-9-18(13-17)26-16(2)23/h3-9,11-14H,1,10H2,2H3/b5-3-,7-4-,12-11?. The van der Waals surface area contributed by atoms with Gasteiger partial charge in [-0.2, -0.15) is 0 Å². The van der Waals surface area contributed by atoms with Gasteiger partial charge in [-0.05, 0) is 35.8 Å². The van der Waals surface area contributed by atoms with Crippen LogP contribution >= 0.6 is 0 Å². The maximum absolute atomic E-state index is 13.0. The van der Waals surface area contributed by atoms with Crippen LogP contribution in [0.5, 0.6) is 5.75 Å².